The molecule has 0 amide bonds. The number of nitrogens with two attached hydrogens (primary N) is 2. The van der Waals surface area contributed by atoms with E-state index in [1.165, 1.54) is 0 Å². The zero-order valence-corrected chi connectivity index (χ0v) is 13.9. The molecule has 2 aromatic rings. The van der Waals surface area contributed by atoms with Crippen LogP contribution in [0.25, 0.3) is 10.3 Å². The topological polar surface area (TPSA) is 213 Å². The fraction of sp³-hybridized carbons (Fsp3) is 0.500. The van der Waals surface area contributed by atoms with Gasteiger partial charge >= 0.3 is 15.2 Å². The number of thiazole rings is 1. The van der Waals surface area contributed by atoms with Crippen LogP contribution in [0.4, 0.5) is 5.95 Å². The summed E-state index contributed by atoms with van der Waals surface area (Å²) in [6.45, 7) is -0.680. The molecule has 3 rings (SSSR count). The van der Waals surface area contributed by atoms with Crippen molar-refractivity contribution < 1.29 is 27.6 Å². The first-order valence-electron chi connectivity index (χ1n) is 6.68. The van der Waals surface area contributed by atoms with Gasteiger partial charge < -0.3 is 20.7 Å². The van der Waals surface area contributed by atoms with Crippen molar-refractivity contribution in [1.29, 1.82) is 0 Å². The molecule has 0 radical (unpaired) electrons. The highest BCUT2D eigenvalue weighted by Crippen LogP contribution is 2.31. The minimum atomic E-state index is -4.29. The number of aliphatic hydroxyl groups excluding tert-OH is 2. The maximum Gasteiger partial charge on any atom is 0.333 e. The second-order valence-corrected chi connectivity index (χ2v) is 7.35. The molecule has 15 heteroatoms. The van der Waals surface area contributed by atoms with Crippen LogP contribution >= 0.6 is 11.3 Å². The number of aromatic nitrogens is 3. The fourth-order valence-electron chi connectivity index (χ4n) is 2.41. The third-order valence-electron chi connectivity index (χ3n) is 3.48. The van der Waals surface area contributed by atoms with Crippen molar-refractivity contribution in [3.63, 3.8) is 0 Å². The molecule has 3 heterocycles. The predicted molar refractivity (Wildman–Crippen MR) is 83.9 cm³/mol. The van der Waals surface area contributed by atoms with E-state index in [0.29, 0.717) is 11.3 Å². The summed E-state index contributed by atoms with van der Waals surface area (Å²) in [6, 6.07) is 0. The molecule has 0 bridgehead atoms. The lowest BCUT2D eigenvalue weighted by Crippen LogP contribution is -2.35. The third-order valence-corrected chi connectivity index (χ3v) is 4.89. The first-order valence-corrected chi connectivity index (χ1v) is 8.97. The predicted octanol–water partition coefficient (Wildman–Crippen LogP) is -3.43. The number of nitrogens with zero attached hydrogens (tertiary/aromatic N) is 2. The van der Waals surface area contributed by atoms with Crippen LogP contribution in [-0.2, 0) is 19.2 Å². The molecule has 138 valence electrons. The van der Waals surface area contributed by atoms with E-state index in [-0.39, 0.29) is 16.3 Å². The number of hydrogen-bond donors (Lipinski definition) is 5. The highest BCUT2D eigenvalue weighted by molar-refractivity contribution is 7.84. The van der Waals surface area contributed by atoms with Gasteiger partial charge in [0.05, 0.1) is 6.61 Å². The summed E-state index contributed by atoms with van der Waals surface area (Å²) in [5, 5.41) is 24.8. The first-order chi connectivity index (χ1) is 11.6. The highest BCUT2D eigenvalue weighted by Gasteiger charge is 2.45. The summed E-state index contributed by atoms with van der Waals surface area (Å²) in [7, 11) is -4.29. The SMILES string of the molecule is Nc1nc2c(sc(=O)n2[C@@H]2O[C@H](COS(N)(=O)=O)[C@@H](O)[C@H]2O)c(=O)[nH]1. The first kappa shape index (κ1) is 17.9. The Morgan fingerprint density at radius 2 is 2.04 bits per heavy atom. The van der Waals surface area contributed by atoms with Crippen molar-refractivity contribution in [1.82, 2.24) is 14.5 Å². The molecule has 1 aliphatic heterocycles. The number of anilines is 1. The zero-order valence-electron chi connectivity index (χ0n) is 12.2. The molecular weight excluding hydrogens is 382 g/mol. The van der Waals surface area contributed by atoms with Crippen molar-refractivity contribution in [2.45, 2.75) is 24.5 Å². The molecule has 7 N–H and O–H groups in total. The van der Waals surface area contributed by atoms with Gasteiger partial charge in [0.1, 0.15) is 23.0 Å². The van der Waals surface area contributed by atoms with E-state index in [2.05, 4.69) is 19.3 Å². The molecular formula is C10H13N5O8S2. The Bertz CT molecular complexity index is 1030. The maximum absolute atomic E-state index is 12.2. The summed E-state index contributed by atoms with van der Waals surface area (Å²) < 4.78 is 32.1. The Hall–Kier alpha value is -1.88. The summed E-state index contributed by atoms with van der Waals surface area (Å²) in [6.07, 6.45) is -5.92. The van der Waals surface area contributed by atoms with Gasteiger partial charge in [-0.25, -0.2) is 5.14 Å². The average molecular weight is 395 g/mol. The number of rotatable bonds is 4. The summed E-state index contributed by atoms with van der Waals surface area (Å²) in [4.78, 5) is 29.4. The van der Waals surface area contributed by atoms with E-state index in [9.17, 15) is 28.2 Å². The van der Waals surface area contributed by atoms with Gasteiger partial charge in [-0.05, 0) is 0 Å². The lowest BCUT2D eigenvalue weighted by Gasteiger charge is -2.15. The molecule has 0 unspecified atom stereocenters. The van der Waals surface area contributed by atoms with E-state index in [1.54, 1.807) is 0 Å². The van der Waals surface area contributed by atoms with E-state index in [0.717, 1.165) is 4.57 Å². The molecule has 1 fully saturated rings. The number of nitrogen functional groups attached to an aromatic ring is 1. The summed E-state index contributed by atoms with van der Waals surface area (Å²) >= 11 is 0.549. The molecule has 0 aliphatic carbocycles. The second kappa shape index (κ2) is 6.13. The van der Waals surface area contributed by atoms with Crippen LogP contribution in [0.2, 0.25) is 0 Å². The van der Waals surface area contributed by atoms with Crippen molar-refractivity contribution in [2.24, 2.45) is 5.14 Å². The number of aliphatic hydroxyl groups is 2. The van der Waals surface area contributed by atoms with E-state index in [1.807, 2.05) is 0 Å². The van der Waals surface area contributed by atoms with Crippen LogP contribution in [-0.4, -0.2) is 58.1 Å². The minimum Gasteiger partial charge on any atom is -0.387 e. The van der Waals surface area contributed by atoms with Crippen LogP contribution in [0.5, 0.6) is 0 Å². The average Bonchev–Trinajstić information content (AvgIpc) is 2.95. The quantitative estimate of drug-likeness (QED) is 0.345. The molecule has 1 aliphatic rings. The number of nitrogens with one attached hydrogen (secondary N) is 1. The van der Waals surface area contributed by atoms with Gasteiger partial charge in [0.15, 0.2) is 11.9 Å². The molecule has 25 heavy (non-hydrogen) atoms. The molecule has 13 nitrogen and oxygen atoms in total. The Morgan fingerprint density at radius 3 is 2.68 bits per heavy atom. The largest absolute Gasteiger partial charge is 0.387 e. The lowest BCUT2D eigenvalue weighted by molar-refractivity contribution is -0.0475. The van der Waals surface area contributed by atoms with Crippen molar-refractivity contribution >= 4 is 37.9 Å². The van der Waals surface area contributed by atoms with Crippen LogP contribution in [0.1, 0.15) is 6.23 Å². The van der Waals surface area contributed by atoms with Crippen molar-refractivity contribution in [3.8, 4) is 0 Å². The van der Waals surface area contributed by atoms with Crippen LogP contribution in [0.3, 0.4) is 0 Å². The lowest BCUT2D eigenvalue weighted by atomic mass is 10.1. The number of hydrogen-bond acceptors (Lipinski definition) is 11. The maximum atomic E-state index is 12.2. The fourth-order valence-corrected chi connectivity index (χ4v) is 3.58. The number of aromatic amines is 1. The van der Waals surface area contributed by atoms with Gasteiger partial charge in [-0.1, -0.05) is 11.3 Å². The molecule has 0 saturated carbocycles. The molecule has 1 saturated heterocycles. The summed E-state index contributed by atoms with van der Waals surface area (Å²) in [5.74, 6) is -0.258. The van der Waals surface area contributed by atoms with Gasteiger partial charge in [0, 0.05) is 0 Å². The van der Waals surface area contributed by atoms with Crippen LogP contribution in [0, 0.1) is 0 Å². The van der Waals surface area contributed by atoms with Gasteiger partial charge in [-0.15, -0.1) is 0 Å². The zero-order chi connectivity index (χ0) is 18.5. The second-order valence-electron chi connectivity index (χ2n) is 5.17. The smallest absolute Gasteiger partial charge is 0.333 e. The van der Waals surface area contributed by atoms with Gasteiger partial charge in [0.25, 0.3) is 5.56 Å². The Labute approximate surface area is 142 Å². The highest BCUT2D eigenvalue weighted by atomic mass is 32.2. The number of ether oxygens (including phenoxy) is 1. The van der Waals surface area contributed by atoms with Crippen molar-refractivity contribution in [3.05, 3.63) is 20.0 Å². The normalized spacial score (nSPS) is 27.2. The number of fused-ring (bicyclic) bond motifs is 1. The molecule has 2 aromatic heterocycles. The Morgan fingerprint density at radius 1 is 1.36 bits per heavy atom. The summed E-state index contributed by atoms with van der Waals surface area (Å²) in [5.41, 5.74) is 4.67. The monoisotopic (exact) mass is 395 g/mol. The molecule has 0 spiro atoms. The standard InChI is InChI=1S/C10H13N5O8S2/c11-9-13-6-5(7(18)14-9)24-10(19)15(6)8-4(17)3(16)2(23-8)1-22-25(12,20)21/h2-4,8,16-17H,1H2,(H2,12,20,21)(H3,11,13,14,18)/t2-,3-,4-,8-/m1/s1. The molecule has 0 aromatic carbocycles. The van der Waals surface area contributed by atoms with Crippen molar-refractivity contribution in [2.75, 3.05) is 12.3 Å². The van der Waals surface area contributed by atoms with E-state index >= 15 is 0 Å². The minimum absolute atomic E-state index is 0.0475. The van der Waals surface area contributed by atoms with Gasteiger partial charge in [0.2, 0.25) is 5.95 Å². The Balaban J connectivity index is 2.00. The number of H-pyrrole nitrogens is 1. The van der Waals surface area contributed by atoms with E-state index in [4.69, 9.17) is 10.5 Å². The van der Waals surface area contributed by atoms with Crippen LogP contribution in [0.15, 0.2) is 9.59 Å². The third kappa shape index (κ3) is 3.30. The van der Waals surface area contributed by atoms with Gasteiger partial charge in [-0.2, -0.15) is 13.4 Å². The molecule has 4 atom stereocenters. The Kier molecular flexibility index (Phi) is 4.40. The van der Waals surface area contributed by atoms with Gasteiger partial charge in [-0.3, -0.25) is 23.3 Å². The van der Waals surface area contributed by atoms with Crippen LogP contribution < -0.4 is 21.3 Å². The van der Waals surface area contributed by atoms with E-state index < -0.39 is 51.9 Å².